The molecule has 0 unspecified atom stereocenters. The van der Waals surface area contributed by atoms with Crippen molar-refractivity contribution in [1.82, 2.24) is 15.0 Å². The number of carbonyl (C=O) groups is 2. The van der Waals surface area contributed by atoms with Gasteiger partial charge in [0.25, 0.3) is 5.91 Å². The summed E-state index contributed by atoms with van der Waals surface area (Å²) in [5, 5.41) is 3.88. The minimum atomic E-state index is -0.0456. The number of rotatable bonds is 2. The van der Waals surface area contributed by atoms with E-state index in [1.807, 2.05) is 19.0 Å². The molecule has 0 radical (unpaired) electrons. The fourth-order valence-electron chi connectivity index (χ4n) is 4.34. The van der Waals surface area contributed by atoms with Crippen LogP contribution >= 0.6 is 0 Å². The molecular weight excluding hydrogens is 294 g/mol. The molecule has 2 atom stereocenters. The van der Waals surface area contributed by atoms with Crippen LogP contribution < -0.4 is 0 Å². The van der Waals surface area contributed by atoms with Gasteiger partial charge in [-0.2, -0.15) is 0 Å². The lowest BCUT2D eigenvalue weighted by Crippen LogP contribution is -2.41. The summed E-state index contributed by atoms with van der Waals surface area (Å²) in [5.41, 5.74) is 1.17. The molecule has 2 aliphatic rings. The molecule has 3 rings (SSSR count). The molecule has 6 heteroatoms. The maximum atomic E-state index is 12.8. The highest BCUT2D eigenvalue weighted by atomic mass is 16.5. The predicted octanol–water partition coefficient (Wildman–Crippen LogP) is 2.01. The fraction of sp³-hybridized carbons (Fsp3) is 0.706. The van der Waals surface area contributed by atoms with Gasteiger partial charge in [-0.05, 0) is 33.1 Å². The van der Waals surface area contributed by atoms with Gasteiger partial charge < -0.3 is 14.3 Å². The monoisotopic (exact) mass is 319 g/mol. The van der Waals surface area contributed by atoms with Gasteiger partial charge in [0.15, 0.2) is 0 Å². The fourth-order valence-corrected chi connectivity index (χ4v) is 4.34. The lowest BCUT2D eigenvalue weighted by Gasteiger charge is -2.32. The highest BCUT2D eigenvalue weighted by Gasteiger charge is 2.51. The van der Waals surface area contributed by atoms with Crippen LogP contribution in [0.1, 0.15) is 47.5 Å². The van der Waals surface area contributed by atoms with E-state index in [2.05, 4.69) is 5.16 Å². The summed E-state index contributed by atoms with van der Waals surface area (Å²) in [6.07, 6.45) is 3.94. The second-order valence-electron chi connectivity index (χ2n) is 7.22. The van der Waals surface area contributed by atoms with Crippen molar-refractivity contribution in [3.63, 3.8) is 0 Å². The van der Waals surface area contributed by atoms with Crippen LogP contribution in [-0.4, -0.2) is 54.0 Å². The van der Waals surface area contributed by atoms with Crippen LogP contribution in [0.2, 0.25) is 0 Å². The third kappa shape index (κ3) is 2.54. The van der Waals surface area contributed by atoms with Gasteiger partial charge in [-0.25, -0.2) is 0 Å². The second kappa shape index (κ2) is 5.65. The Balaban J connectivity index is 1.80. The summed E-state index contributed by atoms with van der Waals surface area (Å²) in [6, 6.07) is 0. The Hall–Kier alpha value is -1.85. The number of aromatic nitrogens is 1. The molecule has 1 aliphatic carbocycles. The molecule has 1 aromatic rings. The van der Waals surface area contributed by atoms with Crippen LogP contribution in [0.5, 0.6) is 0 Å². The van der Waals surface area contributed by atoms with Crippen molar-refractivity contribution < 1.29 is 14.1 Å². The van der Waals surface area contributed by atoms with Gasteiger partial charge in [0, 0.05) is 38.5 Å². The molecule has 1 saturated heterocycles. The molecule has 2 heterocycles. The zero-order valence-electron chi connectivity index (χ0n) is 14.4. The van der Waals surface area contributed by atoms with E-state index in [0.717, 1.165) is 25.7 Å². The van der Waals surface area contributed by atoms with Crippen LogP contribution in [0.3, 0.4) is 0 Å². The Bertz CT molecular complexity index is 618. The molecule has 6 nitrogen and oxygen atoms in total. The first-order valence-corrected chi connectivity index (χ1v) is 8.29. The molecular formula is C17H25N3O3. The number of likely N-dealkylation sites (tertiary alicyclic amines) is 1. The minimum absolute atomic E-state index is 0.0129. The van der Waals surface area contributed by atoms with E-state index in [4.69, 9.17) is 4.52 Å². The number of hydrogen-bond acceptors (Lipinski definition) is 4. The molecule has 1 saturated carbocycles. The van der Waals surface area contributed by atoms with Gasteiger partial charge in [0.1, 0.15) is 11.3 Å². The Morgan fingerprint density at radius 2 is 2.04 bits per heavy atom. The second-order valence-corrected chi connectivity index (χ2v) is 7.22. The summed E-state index contributed by atoms with van der Waals surface area (Å²) >= 11 is 0. The molecule has 1 aromatic heterocycles. The molecule has 126 valence electrons. The molecule has 2 fully saturated rings. The standard InChI is InChI=1S/C17H25N3O3/c1-11-14(12(2)23-18-11)16(22)20-9-8-17(10-20)7-5-6-13(17)15(21)19(3)4/h13H,5-10H2,1-4H3/t13-,17+/m0/s1. The van der Waals surface area contributed by atoms with Gasteiger partial charge in [0.05, 0.1) is 5.69 Å². The van der Waals surface area contributed by atoms with Crippen molar-refractivity contribution in [2.45, 2.75) is 39.5 Å². The molecule has 0 bridgehead atoms. The van der Waals surface area contributed by atoms with E-state index in [0.29, 0.717) is 30.1 Å². The first-order valence-electron chi connectivity index (χ1n) is 8.29. The van der Waals surface area contributed by atoms with E-state index in [1.165, 1.54) is 0 Å². The Morgan fingerprint density at radius 1 is 1.30 bits per heavy atom. The van der Waals surface area contributed by atoms with Crippen molar-refractivity contribution in [3.8, 4) is 0 Å². The van der Waals surface area contributed by atoms with Crippen molar-refractivity contribution in [3.05, 3.63) is 17.0 Å². The van der Waals surface area contributed by atoms with Gasteiger partial charge in [-0.3, -0.25) is 9.59 Å². The van der Waals surface area contributed by atoms with Gasteiger partial charge in [-0.15, -0.1) is 0 Å². The zero-order valence-corrected chi connectivity index (χ0v) is 14.4. The topological polar surface area (TPSA) is 66.7 Å². The number of hydrogen-bond donors (Lipinski definition) is 0. The third-order valence-electron chi connectivity index (χ3n) is 5.57. The van der Waals surface area contributed by atoms with Gasteiger partial charge in [0.2, 0.25) is 5.91 Å². The lowest BCUT2D eigenvalue weighted by atomic mass is 9.76. The summed E-state index contributed by atoms with van der Waals surface area (Å²) in [5.74, 6) is 0.802. The normalized spacial score (nSPS) is 27.0. The highest BCUT2D eigenvalue weighted by molar-refractivity contribution is 5.96. The van der Waals surface area contributed by atoms with Crippen molar-refractivity contribution in [2.75, 3.05) is 27.2 Å². The average Bonchev–Trinajstić information content (AvgIpc) is 3.19. The average molecular weight is 319 g/mol. The maximum Gasteiger partial charge on any atom is 0.259 e. The van der Waals surface area contributed by atoms with Crippen LogP contribution in [0.4, 0.5) is 0 Å². The molecule has 2 amide bonds. The summed E-state index contributed by atoms with van der Waals surface area (Å²) in [6.45, 7) is 4.94. The first-order chi connectivity index (χ1) is 10.9. The SMILES string of the molecule is Cc1noc(C)c1C(=O)N1CC[C@]2(CCC[C@H]2C(=O)N(C)C)C1. The summed E-state index contributed by atoms with van der Waals surface area (Å²) < 4.78 is 5.13. The molecule has 1 spiro atoms. The first kappa shape index (κ1) is 16.0. The van der Waals surface area contributed by atoms with Crippen molar-refractivity contribution >= 4 is 11.8 Å². The summed E-state index contributed by atoms with van der Waals surface area (Å²) in [4.78, 5) is 28.9. The van der Waals surface area contributed by atoms with E-state index in [9.17, 15) is 9.59 Å². The molecule has 0 N–H and O–H groups in total. The zero-order chi connectivity index (χ0) is 16.8. The largest absolute Gasteiger partial charge is 0.361 e. The van der Waals surface area contributed by atoms with Crippen molar-refractivity contribution in [1.29, 1.82) is 0 Å². The van der Waals surface area contributed by atoms with E-state index >= 15 is 0 Å². The quantitative estimate of drug-likeness (QED) is 0.836. The number of aryl methyl sites for hydroxylation is 2. The lowest BCUT2D eigenvalue weighted by molar-refractivity contribution is -0.136. The predicted molar refractivity (Wildman–Crippen MR) is 85.0 cm³/mol. The Kier molecular flexibility index (Phi) is 3.94. The van der Waals surface area contributed by atoms with Gasteiger partial charge >= 0.3 is 0 Å². The Morgan fingerprint density at radius 3 is 2.65 bits per heavy atom. The number of nitrogens with zero attached hydrogens (tertiary/aromatic N) is 3. The van der Waals surface area contributed by atoms with Crippen molar-refractivity contribution in [2.24, 2.45) is 11.3 Å². The number of amides is 2. The number of carbonyl (C=O) groups excluding carboxylic acids is 2. The van der Waals surface area contributed by atoms with E-state index < -0.39 is 0 Å². The Labute approximate surface area is 136 Å². The van der Waals surface area contributed by atoms with Crippen LogP contribution in [0, 0.1) is 25.2 Å². The molecule has 23 heavy (non-hydrogen) atoms. The highest BCUT2D eigenvalue weighted by Crippen LogP contribution is 2.50. The molecule has 0 aromatic carbocycles. The third-order valence-corrected chi connectivity index (χ3v) is 5.57. The van der Waals surface area contributed by atoms with Crippen LogP contribution in [0.25, 0.3) is 0 Å². The summed E-state index contributed by atoms with van der Waals surface area (Å²) in [7, 11) is 3.63. The van der Waals surface area contributed by atoms with Crippen LogP contribution in [-0.2, 0) is 4.79 Å². The smallest absolute Gasteiger partial charge is 0.259 e. The van der Waals surface area contributed by atoms with Gasteiger partial charge in [-0.1, -0.05) is 11.6 Å². The van der Waals surface area contributed by atoms with Crippen LogP contribution in [0.15, 0.2) is 4.52 Å². The maximum absolute atomic E-state index is 12.8. The van der Waals surface area contributed by atoms with E-state index in [1.54, 1.807) is 18.7 Å². The van der Waals surface area contributed by atoms with E-state index in [-0.39, 0.29) is 23.1 Å². The minimum Gasteiger partial charge on any atom is -0.361 e. The molecule has 1 aliphatic heterocycles.